The van der Waals surface area contributed by atoms with Crippen LogP contribution in [0.2, 0.25) is 0 Å². The summed E-state index contributed by atoms with van der Waals surface area (Å²) in [5, 5.41) is 3.68. The highest BCUT2D eigenvalue weighted by atomic mass is 35.5. The number of nitrogens with one attached hydrogen (secondary N) is 1. The fraction of sp³-hybridized carbons (Fsp3) is 0.714. The molecule has 1 aromatic heterocycles. The van der Waals surface area contributed by atoms with E-state index in [-0.39, 0.29) is 0 Å². The zero-order chi connectivity index (χ0) is 13.5. The van der Waals surface area contributed by atoms with Crippen LogP contribution in [0.25, 0.3) is 0 Å². The van der Waals surface area contributed by atoms with Gasteiger partial charge in [-0.25, -0.2) is 0 Å². The lowest BCUT2D eigenvalue weighted by Crippen LogP contribution is -2.22. The normalized spacial score (nSPS) is 23.1. The van der Waals surface area contributed by atoms with Crippen LogP contribution in [0.5, 0.6) is 5.88 Å². The minimum Gasteiger partial charge on any atom is -0.477 e. The van der Waals surface area contributed by atoms with E-state index < -0.39 is 0 Å². The summed E-state index contributed by atoms with van der Waals surface area (Å²) < 4.78 is 5.47. The van der Waals surface area contributed by atoms with Gasteiger partial charge in [-0.15, -0.1) is 11.6 Å². The number of halogens is 1. The average Bonchev–Trinajstić information content (AvgIpc) is 2.43. The summed E-state index contributed by atoms with van der Waals surface area (Å²) in [6.07, 6.45) is 9.07. The number of ether oxygens (including phenoxy) is 1. The van der Waals surface area contributed by atoms with Crippen LogP contribution in [0.4, 0.5) is 5.82 Å². The van der Waals surface area contributed by atoms with Gasteiger partial charge in [-0.1, -0.05) is 13.3 Å². The molecule has 0 spiro atoms. The largest absolute Gasteiger partial charge is 0.477 e. The molecule has 2 atom stereocenters. The van der Waals surface area contributed by atoms with Crippen LogP contribution < -0.4 is 10.1 Å². The fourth-order valence-corrected chi connectivity index (χ4v) is 2.78. The highest BCUT2D eigenvalue weighted by Crippen LogP contribution is 2.27. The molecule has 0 bridgehead atoms. The number of hydrogen-bond acceptors (Lipinski definition) is 4. The standard InChI is InChI=1S/C14H22ClN3O/c1-2-6-19-14-10-16-9-13(18-14)17-8-11-4-3-5-12(15)7-11/h9-12H,2-8H2,1H3,(H,17,18). The Morgan fingerprint density at radius 2 is 2.32 bits per heavy atom. The van der Waals surface area contributed by atoms with Gasteiger partial charge in [0.25, 0.3) is 0 Å². The summed E-state index contributed by atoms with van der Waals surface area (Å²) in [7, 11) is 0. The summed E-state index contributed by atoms with van der Waals surface area (Å²) in [6.45, 7) is 3.66. The third kappa shape index (κ3) is 4.86. The maximum atomic E-state index is 6.20. The van der Waals surface area contributed by atoms with Crippen LogP contribution in [0.15, 0.2) is 12.4 Å². The van der Waals surface area contributed by atoms with Crippen molar-refractivity contribution < 1.29 is 4.74 Å². The van der Waals surface area contributed by atoms with Gasteiger partial charge >= 0.3 is 0 Å². The number of anilines is 1. The predicted octanol–water partition coefficient (Wildman–Crippen LogP) is 3.47. The van der Waals surface area contributed by atoms with Crippen LogP contribution in [-0.4, -0.2) is 28.5 Å². The second-order valence-corrected chi connectivity index (χ2v) is 5.72. The van der Waals surface area contributed by atoms with Crippen molar-refractivity contribution in [3.63, 3.8) is 0 Å². The monoisotopic (exact) mass is 283 g/mol. The maximum Gasteiger partial charge on any atom is 0.234 e. The Bertz CT molecular complexity index is 389. The SMILES string of the molecule is CCCOc1cncc(NCC2CCCC(Cl)C2)n1. The van der Waals surface area contributed by atoms with Crippen molar-refractivity contribution in [1.29, 1.82) is 0 Å². The van der Waals surface area contributed by atoms with Gasteiger partial charge in [-0.2, -0.15) is 4.98 Å². The van der Waals surface area contributed by atoms with E-state index in [1.807, 2.05) is 0 Å². The molecule has 1 aliphatic rings. The van der Waals surface area contributed by atoms with E-state index in [2.05, 4.69) is 22.2 Å². The average molecular weight is 284 g/mol. The Morgan fingerprint density at radius 1 is 1.42 bits per heavy atom. The molecule has 1 N–H and O–H groups in total. The number of alkyl halides is 1. The summed E-state index contributed by atoms with van der Waals surface area (Å²) in [6, 6.07) is 0. The molecule has 1 aliphatic carbocycles. The number of rotatable bonds is 6. The van der Waals surface area contributed by atoms with Gasteiger partial charge in [0, 0.05) is 11.9 Å². The first-order valence-electron chi connectivity index (χ1n) is 7.10. The molecule has 2 unspecified atom stereocenters. The first-order valence-corrected chi connectivity index (χ1v) is 7.54. The highest BCUT2D eigenvalue weighted by molar-refractivity contribution is 6.20. The molecule has 0 amide bonds. The summed E-state index contributed by atoms with van der Waals surface area (Å²) in [5.41, 5.74) is 0. The van der Waals surface area contributed by atoms with Crippen molar-refractivity contribution in [3.8, 4) is 5.88 Å². The molecule has 0 saturated heterocycles. The van der Waals surface area contributed by atoms with E-state index in [0.29, 0.717) is 23.8 Å². The van der Waals surface area contributed by atoms with Gasteiger partial charge in [-0.05, 0) is 31.6 Å². The zero-order valence-corrected chi connectivity index (χ0v) is 12.2. The lowest BCUT2D eigenvalue weighted by molar-refractivity contribution is 0.304. The lowest BCUT2D eigenvalue weighted by atomic mass is 9.89. The Labute approximate surface area is 119 Å². The van der Waals surface area contributed by atoms with Crippen LogP contribution in [0, 0.1) is 5.92 Å². The molecular weight excluding hydrogens is 262 g/mol. The Kier molecular flexibility index (Phi) is 5.70. The minimum absolute atomic E-state index is 0.339. The highest BCUT2D eigenvalue weighted by Gasteiger charge is 2.20. The van der Waals surface area contributed by atoms with Crippen molar-refractivity contribution in [3.05, 3.63) is 12.4 Å². The topological polar surface area (TPSA) is 47.0 Å². The van der Waals surface area contributed by atoms with Gasteiger partial charge < -0.3 is 10.1 Å². The van der Waals surface area contributed by atoms with E-state index in [1.165, 1.54) is 12.8 Å². The van der Waals surface area contributed by atoms with Crippen LogP contribution >= 0.6 is 11.6 Å². The Hall–Kier alpha value is -1.03. The molecule has 19 heavy (non-hydrogen) atoms. The first kappa shape index (κ1) is 14.4. The fourth-order valence-electron chi connectivity index (χ4n) is 2.37. The molecular formula is C14H22ClN3O. The molecule has 1 heterocycles. The second-order valence-electron chi connectivity index (χ2n) is 5.10. The van der Waals surface area contributed by atoms with E-state index in [0.717, 1.165) is 31.6 Å². The van der Waals surface area contributed by atoms with Crippen molar-refractivity contribution >= 4 is 17.4 Å². The molecule has 1 fully saturated rings. The molecule has 0 aromatic carbocycles. The summed E-state index contributed by atoms with van der Waals surface area (Å²) in [4.78, 5) is 8.53. The third-order valence-electron chi connectivity index (χ3n) is 3.36. The Morgan fingerprint density at radius 3 is 3.11 bits per heavy atom. The van der Waals surface area contributed by atoms with Crippen molar-refractivity contribution in [1.82, 2.24) is 9.97 Å². The van der Waals surface area contributed by atoms with Gasteiger partial charge in [0.2, 0.25) is 5.88 Å². The molecule has 4 nitrogen and oxygen atoms in total. The molecule has 0 aliphatic heterocycles. The number of hydrogen-bond donors (Lipinski definition) is 1. The van der Waals surface area contributed by atoms with Crippen LogP contribution in [-0.2, 0) is 0 Å². The second kappa shape index (κ2) is 7.53. The Balaban J connectivity index is 1.81. The minimum atomic E-state index is 0.339. The van der Waals surface area contributed by atoms with Gasteiger partial charge in [-0.3, -0.25) is 4.98 Å². The lowest BCUT2D eigenvalue weighted by Gasteiger charge is -2.25. The summed E-state index contributed by atoms with van der Waals surface area (Å²) >= 11 is 6.20. The van der Waals surface area contributed by atoms with Crippen LogP contribution in [0.1, 0.15) is 39.0 Å². The van der Waals surface area contributed by atoms with Crippen molar-refractivity contribution in [2.75, 3.05) is 18.5 Å². The van der Waals surface area contributed by atoms with Gasteiger partial charge in [0.1, 0.15) is 5.82 Å². The molecule has 1 saturated carbocycles. The molecule has 0 radical (unpaired) electrons. The first-order chi connectivity index (χ1) is 9.28. The maximum absolute atomic E-state index is 6.20. The number of nitrogens with zero attached hydrogens (tertiary/aromatic N) is 2. The quantitative estimate of drug-likeness (QED) is 0.812. The number of aromatic nitrogens is 2. The smallest absolute Gasteiger partial charge is 0.234 e. The molecule has 5 heteroatoms. The van der Waals surface area contributed by atoms with E-state index in [4.69, 9.17) is 16.3 Å². The van der Waals surface area contributed by atoms with Crippen molar-refractivity contribution in [2.24, 2.45) is 5.92 Å². The van der Waals surface area contributed by atoms with Crippen molar-refractivity contribution in [2.45, 2.75) is 44.4 Å². The van der Waals surface area contributed by atoms with Crippen LogP contribution in [0.3, 0.4) is 0 Å². The third-order valence-corrected chi connectivity index (χ3v) is 3.75. The van der Waals surface area contributed by atoms with E-state index in [1.54, 1.807) is 12.4 Å². The van der Waals surface area contributed by atoms with E-state index >= 15 is 0 Å². The predicted molar refractivity (Wildman–Crippen MR) is 77.9 cm³/mol. The molecule has 2 rings (SSSR count). The zero-order valence-electron chi connectivity index (χ0n) is 11.4. The summed E-state index contributed by atoms with van der Waals surface area (Å²) in [5.74, 6) is 2.01. The van der Waals surface area contributed by atoms with Gasteiger partial charge in [0.15, 0.2) is 0 Å². The van der Waals surface area contributed by atoms with Gasteiger partial charge in [0.05, 0.1) is 19.0 Å². The molecule has 1 aromatic rings. The molecule has 106 valence electrons. The van der Waals surface area contributed by atoms with E-state index in [9.17, 15) is 0 Å².